The zero-order chi connectivity index (χ0) is 50.6. The Morgan fingerprint density at radius 2 is 1.17 bits per heavy atom. The number of benzene rings is 9. The van der Waals surface area contributed by atoms with Crippen molar-refractivity contribution in [3.05, 3.63) is 251 Å². The van der Waals surface area contributed by atoms with Crippen LogP contribution in [0.4, 0.5) is 0 Å². The van der Waals surface area contributed by atoms with E-state index in [-0.39, 0.29) is 11.6 Å². The van der Waals surface area contributed by atoms with E-state index >= 15 is 0 Å². The summed E-state index contributed by atoms with van der Waals surface area (Å²) in [6, 6.07) is 80.6. The first-order chi connectivity index (χ1) is 36.8. The number of rotatable bonds is 9. The van der Waals surface area contributed by atoms with Crippen molar-refractivity contribution in [3.63, 3.8) is 0 Å². The Hall–Kier alpha value is -8.11. The Bertz CT molecular complexity index is 4110. The van der Waals surface area contributed by atoms with Crippen LogP contribution in [0.15, 0.2) is 219 Å². The average molecular weight is 1110 g/mol. The van der Waals surface area contributed by atoms with Crippen molar-refractivity contribution < 1.29 is 28.2 Å². The standard InChI is InChI=1S/C66H48N4O.Pt/c1-45-39-65(67-43-59(45)49-25-12-5-13-26-49)70-61-38-34-51(46-19-6-2-7-20-46)40-58(61)56-37-36-53(42-64(56)70)71-52-35-33-50-27-14-15-30-60(57(50)41-52)68-44-69(63-32-17-16-31-62(63)68)66-54(47-21-8-3-9-22-47)28-18-29-55(66)48-23-10-4-11-24-48;/h2-13,16-26,28-29,31-40,43,60H,14-15,27,30H2,1H3;/q-2;/i1D3;. The molecule has 3 aromatic heterocycles. The molecule has 0 saturated heterocycles. The molecule has 0 spiro atoms. The number of imidazole rings is 1. The molecule has 12 aromatic rings. The van der Waals surface area contributed by atoms with Crippen molar-refractivity contribution >= 4 is 32.8 Å². The molecule has 0 N–H and O–H groups in total. The maximum absolute atomic E-state index is 8.68. The molecule has 3 heterocycles. The van der Waals surface area contributed by atoms with Gasteiger partial charge in [0, 0.05) is 15.9 Å². The number of hydrogen-bond donors (Lipinski definition) is 0. The Kier molecular flexibility index (Phi) is 10.5. The van der Waals surface area contributed by atoms with Crippen molar-refractivity contribution in [1.82, 2.24) is 18.7 Å². The molecule has 0 bridgehead atoms. The Morgan fingerprint density at radius 3 is 1.86 bits per heavy atom. The van der Waals surface area contributed by atoms with Crippen molar-refractivity contribution in [3.8, 4) is 67.5 Å². The van der Waals surface area contributed by atoms with Gasteiger partial charge in [-0.2, -0.15) is 0 Å². The van der Waals surface area contributed by atoms with Crippen molar-refractivity contribution in [1.29, 1.82) is 0 Å². The molecule has 1 unspecified atom stereocenters. The molecule has 1 aliphatic rings. The van der Waals surface area contributed by atoms with Gasteiger partial charge in [0.15, 0.2) is 0 Å². The van der Waals surface area contributed by atoms with Crippen LogP contribution in [-0.2, 0) is 25.8 Å². The first-order valence-electron chi connectivity index (χ1n) is 26.0. The molecule has 1 atom stereocenters. The molecule has 5 nitrogen and oxygen atoms in total. The number of nitrogens with zero attached hydrogens (tertiary/aromatic N) is 4. The fourth-order valence-electron chi connectivity index (χ4n) is 10.8. The van der Waals surface area contributed by atoms with E-state index in [1.807, 2.05) is 65.2 Å². The fourth-order valence-corrected chi connectivity index (χ4v) is 12.0. The van der Waals surface area contributed by atoms with Crippen LogP contribution in [0.25, 0.3) is 88.9 Å². The van der Waals surface area contributed by atoms with Crippen LogP contribution >= 0.6 is 0 Å². The third-order valence-corrected chi connectivity index (χ3v) is 15.3. The van der Waals surface area contributed by atoms with Crippen molar-refractivity contribution in [2.24, 2.45) is 0 Å². The zero-order valence-electron chi connectivity index (χ0n) is 42.2. The summed E-state index contributed by atoms with van der Waals surface area (Å²) in [6.07, 6.45) is 5.71. The number of aryl methyl sites for hydroxylation is 2. The fraction of sp³-hybridized carbons (Fsp3) is 0.0909. The van der Waals surface area contributed by atoms with Gasteiger partial charge in [-0.25, -0.2) is 4.98 Å². The summed E-state index contributed by atoms with van der Waals surface area (Å²) in [6.45, 7) is -2.40. The Labute approximate surface area is 434 Å². The molecule has 350 valence electrons. The minimum Gasteiger partial charge on any atom is -0.238 e. The minimum atomic E-state index is -2.40. The average Bonchev–Trinajstić information content (AvgIpc) is 3.87. The predicted octanol–water partition coefficient (Wildman–Crippen LogP) is 16.7. The molecule has 13 rings (SSSR count). The summed E-state index contributed by atoms with van der Waals surface area (Å²) >= 11 is 2.56. The number of aromatic nitrogens is 4. The van der Waals surface area contributed by atoms with Crippen molar-refractivity contribution in [2.45, 2.75) is 38.6 Å². The summed E-state index contributed by atoms with van der Waals surface area (Å²) < 4.78 is 41.0. The molecule has 6 heteroatoms. The monoisotopic (exact) mass is 1110 g/mol. The molecule has 0 saturated carbocycles. The number of pyridine rings is 1. The second kappa shape index (κ2) is 18.6. The second-order valence-electron chi connectivity index (χ2n) is 18.5. The van der Waals surface area contributed by atoms with Gasteiger partial charge in [0.05, 0.1) is 0 Å². The number of para-hydroxylation sites is 3. The van der Waals surface area contributed by atoms with Gasteiger partial charge in [-0.05, 0) is 41.2 Å². The first-order valence-corrected chi connectivity index (χ1v) is 25.7. The predicted molar refractivity (Wildman–Crippen MR) is 289 cm³/mol. The van der Waals surface area contributed by atoms with E-state index in [0.29, 0.717) is 22.9 Å². The van der Waals surface area contributed by atoms with Crippen LogP contribution in [0.3, 0.4) is 0 Å². The van der Waals surface area contributed by atoms with Crippen LogP contribution in [0.1, 0.15) is 46.1 Å². The molecule has 0 fully saturated rings. The number of fused-ring (bicyclic) bond motifs is 5. The molecule has 0 radical (unpaired) electrons. The second-order valence-corrected chi connectivity index (χ2v) is 19.5. The molecular weight excluding hydrogens is 1060 g/mol. The third-order valence-electron chi connectivity index (χ3n) is 14.2. The molecule has 1 aliphatic carbocycles. The smallest absolute Gasteiger partial charge is 0.238 e. The van der Waals surface area contributed by atoms with E-state index < -0.39 is 6.85 Å². The molecule has 72 heavy (non-hydrogen) atoms. The van der Waals surface area contributed by atoms with Crippen LogP contribution in [0.5, 0.6) is 11.5 Å². The van der Waals surface area contributed by atoms with E-state index in [9.17, 15) is 0 Å². The number of ether oxygens (including phenoxy) is 1. The van der Waals surface area contributed by atoms with E-state index in [1.54, 1.807) is 12.3 Å². The third kappa shape index (κ3) is 7.77. The topological polar surface area (TPSA) is 36.9 Å². The molecule has 0 amide bonds. The van der Waals surface area contributed by atoms with Gasteiger partial charge in [0.2, 0.25) is 0 Å². The minimum absolute atomic E-state index is 0.0288. The van der Waals surface area contributed by atoms with E-state index in [2.05, 4.69) is 186 Å². The summed E-state index contributed by atoms with van der Waals surface area (Å²) in [5.41, 5.74) is 15.8. The summed E-state index contributed by atoms with van der Waals surface area (Å²) in [5.74, 6) is 1.59. The van der Waals surface area contributed by atoms with E-state index in [4.69, 9.17) is 13.8 Å². The first kappa shape index (κ1) is 40.6. The van der Waals surface area contributed by atoms with E-state index in [1.165, 1.54) is 5.56 Å². The number of hydrogen-bond acceptors (Lipinski definition) is 2. The van der Waals surface area contributed by atoms with Gasteiger partial charge in [-0.3, -0.25) is 0 Å². The summed E-state index contributed by atoms with van der Waals surface area (Å²) in [7, 11) is 0. The quantitative estimate of drug-likeness (QED) is 0.107. The molecule has 9 aromatic carbocycles. The van der Waals surface area contributed by atoms with Crippen LogP contribution in [0, 0.1) is 22.8 Å². The Morgan fingerprint density at radius 1 is 0.542 bits per heavy atom. The van der Waals surface area contributed by atoms with Gasteiger partial charge in [0.1, 0.15) is 0 Å². The summed E-state index contributed by atoms with van der Waals surface area (Å²) in [5, 5.41) is 1.93. The van der Waals surface area contributed by atoms with Gasteiger partial charge < -0.3 is 0 Å². The van der Waals surface area contributed by atoms with Gasteiger partial charge in [-0.15, -0.1) is 0 Å². The van der Waals surface area contributed by atoms with Crippen LogP contribution in [0.2, 0.25) is 0 Å². The zero-order valence-corrected chi connectivity index (χ0v) is 41.5. The molecular formula is C66H48N4OPt-2. The van der Waals surface area contributed by atoms with Gasteiger partial charge >= 0.3 is 302 Å². The normalized spacial score (nSPS) is 14.4. The SMILES string of the molecule is [2H]C([2H])([2H])c1cc(-n2c3[c-]c(Oc4[c-]c5c(cc4)CCCCC5n4[c](=[Pt])n(-c5c(-c6ccccc6)cccc5-c5ccccc5)c5ccccc54)ccc3c3cc(-c4ccccc4)ccc32)ncc1-c1ccccc1. The molecule has 0 aliphatic heterocycles. The van der Waals surface area contributed by atoms with Crippen molar-refractivity contribution in [2.75, 3.05) is 0 Å². The van der Waals surface area contributed by atoms with Crippen LogP contribution < -0.4 is 4.74 Å². The summed E-state index contributed by atoms with van der Waals surface area (Å²) in [4.78, 5) is 4.99. The van der Waals surface area contributed by atoms with Crippen LogP contribution in [-0.4, -0.2) is 18.7 Å². The van der Waals surface area contributed by atoms with Gasteiger partial charge in [-0.1, -0.05) is 72.8 Å². The Balaban J connectivity index is 0.946. The van der Waals surface area contributed by atoms with Gasteiger partial charge in [0.25, 0.3) is 0 Å². The van der Waals surface area contributed by atoms with E-state index in [0.717, 1.165) is 113 Å². The maximum atomic E-state index is 8.68.